The normalized spacial score (nSPS) is 21.2. The third-order valence-corrected chi connectivity index (χ3v) is 4.66. The van der Waals surface area contributed by atoms with Crippen LogP contribution in [0, 0.1) is 0 Å². The molecule has 2 rings (SSSR count). The first-order chi connectivity index (χ1) is 9.63. The molecule has 1 N–H and O–H groups in total. The molecule has 0 spiro atoms. The summed E-state index contributed by atoms with van der Waals surface area (Å²) in [6.45, 7) is 6.37. The molecule has 2 unspecified atom stereocenters. The van der Waals surface area contributed by atoms with Gasteiger partial charge >= 0.3 is 0 Å². The zero-order valence-electron chi connectivity index (χ0n) is 12.8. The Morgan fingerprint density at radius 1 is 1.40 bits per heavy atom. The summed E-state index contributed by atoms with van der Waals surface area (Å²) >= 11 is 0. The molecule has 0 bridgehead atoms. The Hall–Kier alpha value is -1.13. The molecule has 0 amide bonds. The minimum absolute atomic E-state index is 0.290. The zero-order valence-corrected chi connectivity index (χ0v) is 12.8. The lowest BCUT2D eigenvalue weighted by Gasteiger charge is -2.45. The first kappa shape index (κ1) is 15.3. The summed E-state index contributed by atoms with van der Waals surface area (Å²) in [7, 11) is 1.62. The fourth-order valence-electron chi connectivity index (χ4n) is 3.07. The van der Waals surface area contributed by atoms with E-state index in [1.54, 1.807) is 13.3 Å². The van der Waals surface area contributed by atoms with Crippen LogP contribution in [0.1, 0.15) is 51.3 Å². The van der Waals surface area contributed by atoms with Crippen molar-refractivity contribution >= 4 is 0 Å². The number of aromatic nitrogens is 1. The third kappa shape index (κ3) is 2.81. The summed E-state index contributed by atoms with van der Waals surface area (Å²) < 4.78 is 5.35. The average Bonchev–Trinajstić information content (AvgIpc) is 2.54. The van der Waals surface area contributed by atoms with Gasteiger partial charge in [0.15, 0.2) is 0 Å². The van der Waals surface area contributed by atoms with Crippen LogP contribution in [0.25, 0.3) is 0 Å². The molecule has 4 heteroatoms. The number of likely N-dealkylation sites (tertiary alicyclic amines) is 1. The molecule has 1 aromatic heterocycles. The molecule has 0 saturated carbocycles. The minimum Gasteiger partial charge on any atom is -0.495 e. The van der Waals surface area contributed by atoms with Crippen molar-refractivity contribution in [3.05, 3.63) is 24.0 Å². The van der Waals surface area contributed by atoms with Crippen molar-refractivity contribution in [2.45, 2.75) is 51.2 Å². The van der Waals surface area contributed by atoms with E-state index in [0.29, 0.717) is 11.4 Å². The van der Waals surface area contributed by atoms with Gasteiger partial charge in [-0.1, -0.05) is 13.3 Å². The third-order valence-electron chi connectivity index (χ3n) is 4.66. The van der Waals surface area contributed by atoms with E-state index >= 15 is 0 Å². The van der Waals surface area contributed by atoms with Crippen LogP contribution < -0.4 is 4.74 Å². The van der Waals surface area contributed by atoms with E-state index in [1.807, 2.05) is 12.1 Å². The second kappa shape index (κ2) is 6.55. The Morgan fingerprint density at radius 2 is 2.10 bits per heavy atom. The number of piperidine rings is 1. The SMILES string of the molecule is CCC(C)(C(O)c1ncccc1OC)N1CCCCC1. The molecule has 0 aromatic carbocycles. The van der Waals surface area contributed by atoms with Crippen LogP contribution in [0.2, 0.25) is 0 Å². The Kier molecular flexibility index (Phi) is 5.00. The maximum atomic E-state index is 10.9. The van der Waals surface area contributed by atoms with Crippen LogP contribution in [0.4, 0.5) is 0 Å². The van der Waals surface area contributed by atoms with Gasteiger partial charge in [-0.3, -0.25) is 9.88 Å². The highest BCUT2D eigenvalue weighted by Gasteiger charge is 2.40. The van der Waals surface area contributed by atoms with E-state index in [2.05, 4.69) is 23.7 Å². The van der Waals surface area contributed by atoms with Gasteiger partial charge in [-0.25, -0.2) is 0 Å². The number of methoxy groups -OCH3 is 1. The Morgan fingerprint density at radius 3 is 2.70 bits per heavy atom. The minimum atomic E-state index is -0.637. The zero-order chi connectivity index (χ0) is 14.6. The lowest BCUT2D eigenvalue weighted by molar-refractivity contribution is -0.0381. The maximum absolute atomic E-state index is 10.9. The van der Waals surface area contributed by atoms with Gasteiger partial charge in [0.25, 0.3) is 0 Å². The van der Waals surface area contributed by atoms with E-state index in [1.165, 1.54) is 19.3 Å². The lowest BCUT2D eigenvalue weighted by atomic mass is 9.85. The van der Waals surface area contributed by atoms with Crippen molar-refractivity contribution in [1.29, 1.82) is 0 Å². The molecule has 4 nitrogen and oxygen atoms in total. The highest BCUT2D eigenvalue weighted by molar-refractivity contribution is 5.30. The van der Waals surface area contributed by atoms with Gasteiger partial charge in [-0.05, 0) is 51.4 Å². The Labute approximate surface area is 121 Å². The highest BCUT2D eigenvalue weighted by Crippen LogP contribution is 2.38. The number of pyridine rings is 1. The van der Waals surface area contributed by atoms with Gasteiger partial charge < -0.3 is 9.84 Å². The quantitative estimate of drug-likeness (QED) is 0.899. The Bertz CT molecular complexity index is 432. The molecule has 20 heavy (non-hydrogen) atoms. The number of nitrogens with zero attached hydrogens (tertiary/aromatic N) is 2. The van der Waals surface area contributed by atoms with Crippen LogP contribution in [-0.4, -0.2) is 40.7 Å². The van der Waals surface area contributed by atoms with E-state index in [4.69, 9.17) is 4.74 Å². The number of aliphatic hydroxyl groups excluding tert-OH is 1. The largest absolute Gasteiger partial charge is 0.495 e. The van der Waals surface area contributed by atoms with Gasteiger partial charge in [-0.15, -0.1) is 0 Å². The fourth-order valence-corrected chi connectivity index (χ4v) is 3.07. The highest BCUT2D eigenvalue weighted by atomic mass is 16.5. The molecule has 1 saturated heterocycles. The molecule has 2 atom stereocenters. The van der Waals surface area contributed by atoms with Crippen molar-refractivity contribution < 1.29 is 9.84 Å². The summed E-state index contributed by atoms with van der Waals surface area (Å²) in [5, 5.41) is 10.9. The smallest absolute Gasteiger partial charge is 0.143 e. The number of ether oxygens (including phenoxy) is 1. The number of rotatable bonds is 5. The van der Waals surface area contributed by atoms with Crippen LogP contribution in [-0.2, 0) is 0 Å². The van der Waals surface area contributed by atoms with Crippen molar-refractivity contribution in [3.8, 4) is 5.75 Å². The summed E-state index contributed by atoms with van der Waals surface area (Å²) in [4.78, 5) is 6.77. The summed E-state index contributed by atoms with van der Waals surface area (Å²) in [6.07, 6.45) is 5.67. The molecule has 1 fully saturated rings. The second-order valence-electron chi connectivity index (χ2n) is 5.75. The summed E-state index contributed by atoms with van der Waals surface area (Å²) in [5.74, 6) is 0.664. The number of hydrogen-bond acceptors (Lipinski definition) is 4. The fraction of sp³-hybridized carbons (Fsp3) is 0.688. The van der Waals surface area contributed by atoms with Crippen LogP contribution in [0.3, 0.4) is 0 Å². The first-order valence-corrected chi connectivity index (χ1v) is 7.55. The second-order valence-corrected chi connectivity index (χ2v) is 5.75. The molecule has 1 aliphatic rings. The molecule has 1 aromatic rings. The molecule has 0 radical (unpaired) electrons. The van der Waals surface area contributed by atoms with E-state index in [-0.39, 0.29) is 5.54 Å². The summed E-state index contributed by atoms with van der Waals surface area (Å²) in [5.41, 5.74) is 0.354. The first-order valence-electron chi connectivity index (χ1n) is 7.55. The van der Waals surface area contributed by atoms with Gasteiger partial charge in [0.05, 0.1) is 7.11 Å². The monoisotopic (exact) mass is 278 g/mol. The van der Waals surface area contributed by atoms with Crippen molar-refractivity contribution in [1.82, 2.24) is 9.88 Å². The van der Waals surface area contributed by atoms with Crippen LogP contribution in [0.5, 0.6) is 5.75 Å². The average molecular weight is 278 g/mol. The maximum Gasteiger partial charge on any atom is 0.143 e. The van der Waals surface area contributed by atoms with Crippen LogP contribution >= 0.6 is 0 Å². The van der Waals surface area contributed by atoms with E-state index in [0.717, 1.165) is 19.5 Å². The van der Waals surface area contributed by atoms with Gasteiger partial charge in [0, 0.05) is 11.7 Å². The van der Waals surface area contributed by atoms with Crippen molar-refractivity contribution in [2.24, 2.45) is 0 Å². The molecular weight excluding hydrogens is 252 g/mol. The van der Waals surface area contributed by atoms with E-state index < -0.39 is 6.10 Å². The lowest BCUT2D eigenvalue weighted by Crippen LogP contribution is -2.52. The van der Waals surface area contributed by atoms with Gasteiger partial charge in [0.1, 0.15) is 17.5 Å². The van der Waals surface area contributed by atoms with Gasteiger partial charge in [-0.2, -0.15) is 0 Å². The molecule has 1 aliphatic heterocycles. The predicted octanol–water partition coefficient (Wildman–Crippen LogP) is 2.78. The molecule has 0 aliphatic carbocycles. The summed E-state index contributed by atoms with van der Waals surface area (Å²) in [6, 6.07) is 3.69. The number of hydrogen-bond donors (Lipinski definition) is 1. The van der Waals surface area contributed by atoms with Crippen molar-refractivity contribution in [3.63, 3.8) is 0 Å². The molecular formula is C16H26N2O2. The number of aliphatic hydroxyl groups is 1. The van der Waals surface area contributed by atoms with E-state index in [9.17, 15) is 5.11 Å². The molecule has 112 valence electrons. The van der Waals surface area contributed by atoms with Crippen LogP contribution in [0.15, 0.2) is 18.3 Å². The standard InChI is InChI=1S/C16H26N2O2/c1-4-16(2,18-11-6-5-7-12-18)15(19)14-13(20-3)9-8-10-17-14/h8-10,15,19H,4-7,11-12H2,1-3H3. The topological polar surface area (TPSA) is 45.6 Å². The van der Waals surface area contributed by atoms with Gasteiger partial charge in [0.2, 0.25) is 0 Å². The predicted molar refractivity (Wildman–Crippen MR) is 79.9 cm³/mol. The van der Waals surface area contributed by atoms with Crippen molar-refractivity contribution in [2.75, 3.05) is 20.2 Å². The molecule has 2 heterocycles. The Balaban J connectivity index is 2.29.